The maximum absolute atomic E-state index is 8.11. The molecule has 0 bridgehead atoms. The average molecular weight is 244 g/mol. The molecule has 0 unspecified atom stereocenters. The van der Waals surface area contributed by atoms with Crippen molar-refractivity contribution in [2.45, 2.75) is 51.5 Å². The summed E-state index contributed by atoms with van der Waals surface area (Å²) in [5, 5.41) is 8.11. The number of rotatable bonds is 4. The minimum atomic E-state index is 0.105. The Bertz CT molecular complexity index is 395. The Hall–Kier alpha value is -1.31. The van der Waals surface area contributed by atoms with Crippen LogP contribution in [0.15, 0.2) is 30.3 Å². The van der Waals surface area contributed by atoms with Crippen molar-refractivity contribution in [1.82, 2.24) is 4.90 Å². The van der Waals surface area contributed by atoms with E-state index in [4.69, 9.17) is 5.41 Å². The van der Waals surface area contributed by atoms with Crippen LogP contribution < -0.4 is 0 Å². The second-order valence-electron chi connectivity index (χ2n) is 5.85. The van der Waals surface area contributed by atoms with Gasteiger partial charge in [-0.25, -0.2) is 0 Å². The van der Waals surface area contributed by atoms with Gasteiger partial charge in [0.2, 0.25) is 0 Å². The molecule has 1 fully saturated rings. The van der Waals surface area contributed by atoms with E-state index in [0.717, 1.165) is 31.6 Å². The van der Waals surface area contributed by atoms with E-state index >= 15 is 0 Å². The van der Waals surface area contributed by atoms with Crippen molar-refractivity contribution in [1.29, 1.82) is 5.41 Å². The molecule has 0 atom stereocenters. The van der Waals surface area contributed by atoms with E-state index in [0.29, 0.717) is 0 Å². The van der Waals surface area contributed by atoms with Gasteiger partial charge in [0.15, 0.2) is 0 Å². The maximum Gasteiger partial charge on any atom is 0.0962 e. The quantitative estimate of drug-likeness (QED) is 0.855. The van der Waals surface area contributed by atoms with Gasteiger partial charge in [-0.05, 0) is 45.1 Å². The van der Waals surface area contributed by atoms with Crippen molar-refractivity contribution in [2.75, 3.05) is 6.54 Å². The van der Waals surface area contributed by atoms with E-state index in [1.807, 2.05) is 0 Å². The molecule has 1 aliphatic heterocycles. The summed E-state index contributed by atoms with van der Waals surface area (Å²) in [6.45, 7) is 5.60. The van der Waals surface area contributed by atoms with Crippen LogP contribution in [0.1, 0.15) is 45.1 Å². The van der Waals surface area contributed by atoms with Crippen molar-refractivity contribution >= 4 is 5.84 Å². The van der Waals surface area contributed by atoms with Crippen LogP contribution in [0.25, 0.3) is 0 Å². The Morgan fingerprint density at radius 1 is 1.17 bits per heavy atom. The van der Waals surface area contributed by atoms with E-state index < -0.39 is 0 Å². The number of nitrogens with zero attached hydrogens (tertiary/aromatic N) is 1. The molecule has 0 amide bonds. The molecule has 0 aliphatic carbocycles. The lowest BCUT2D eigenvalue weighted by Crippen LogP contribution is -2.49. The zero-order valence-corrected chi connectivity index (χ0v) is 11.6. The maximum atomic E-state index is 8.11. The summed E-state index contributed by atoms with van der Waals surface area (Å²) in [4.78, 5) is 2.31. The van der Waals surface area contributed by atoms with Crippen LogP contribution in [-0.2, 0) is 6.42 Å². The second-order valence-corrected chi connectivity index (χ2v) is 5.85. The molecule has 98 valence electrons. The zero-order chi connectivity index (χ0) is 13.0. The smallest absolute Gasteiger partial charge is 0.0962 e. The minimum absolute atomic E-state index is 0.105. The number of nitrogens with one attached hydrogen (secondary N) is 1. The Balaban J connectivity index is 1.96. The molecule has 1 aromatic rings. The minimum Gasteiger partial charge on any atom is -0.355 e. The molecule has 0 spiro atoms. The van der Waals surface area contributed by atoms with Gasteiger partial charge >= 0.3 is 0 Å². The predicted octanol–water partition coefficient (Wildman–Crippen LogP) is 3.86. The molecule has 18 heavy (non-hydrogen) atoms. The molecular formula is C16H24N2. The van der Waals surface area contributed by atoms with E-state index in [9.17, 15) is 0 Å². The van der Waals surface area contributed by atoms with E-state index in [1.165, 1.54) is 18.4 Å². The van der Waals surface area contributed by atoms with Gasteiger partial charge in [-0.2, -0.15) is 0 Å². The van der Waals surface area contributed by atoms with Crippen molar-refractivity contribution < 1.29 is 0 Å². The highest BCUT2D eigenvalue weighted by atomic mass is 15.2. The van der Waals surface area contributed by atoms with Gasteiger partial charge in [0.25, 0.3) is 0 Å². The fraction of sp³-hybridized carbons (Fsp3) is 0.562. The molecule has 0 aromatic heterocycles. The van der Waals surface area contributed by atoms with Gasteiger partial charge in [0.05, 0.1) is 5.84 Å². The van der Waals surface area contributed by atoms with Crippen LogP contribution in [0.5, 0.6) is 0 Å². The number of benzene rings is 1. The van der Waals surface area contributed by atoms with Crippen LogP contribution in [-0.4, -0.2) is 22.8 Å². The largest absolute Gasteiger partial charge is 0.355 e. The third-order valence-electron chi connectivity index (χ3n) is 3.97. The van der Waals surface area contributed by atoms with Crippen molar-refractivity contribution in [3.8, 4) is 0 Å². The van der Waals surface area contributed by atoms with Gasteiger partial charge in [-0.1, -0.05) is 30.3 Å². The van der Waals surface area contributed by atoms with E-state index in [1.54, 1.807) is 0 Å². The number of piperidine rings is 1. The molecule has 1 N–H and O–H groups in total. The molecule has 0 saturated carbocycles. The number of hydrogen-bond donors (Lipinski definition) is 1. The first-order valence-electron chi connectivity index (χ1n) is 6.98. The van der Waals surface area contributed by atoms with Gasteiger partial charge in [-0.15, -0.1) is 0 Å². The number of aryl methyl sites for hydroxylation is 1. The van der Waals surface area contributed by atoms with Gasteiger partial charge in [0, 0.05) is 18.5 Å². The highest BCUT2D eigenvalue weighted by molar-refractivity contribution is 5.80. The normalized spacial score (nSPS) is 17.0. The third kappa shape index (κ3) is 3.12. The number of amidine groups is 1. The summed E-state index contributed by atoms with van der Waals surface area (Å²) in [6.07, 6.45) is 5.58. The highest BCUT2D eigenvalue weighted by Gasteiger charge is 2.29. The molecule has 0 radical (unpaired) electrons. The topological polar surface area (TPSA) is 27.1 Å². The fourth-order valence-corrected chi connectivity index (χ4v) is 2.73. The first kappa shape index (κ1) is 13.1. The molecule has 2 nitrogen and oxygen atoms in total. The summed E-state index contributed by atoms with van der Waals surface area (Å²) in [7, 11) is 0. The SMILES string of the molecule is CC(C)(CCc1ccccc1)N1CCCCC1=N. The lowest BCUT2D eigenvalue weighted by atomic mass is 9.91. The Morgan fingerprint density at radius 2 is 1.89 bits per heavy atom. The number of likely N-dealkylation sites (tertiary alicyclic amines) is 1. The van der Waals surface area contributed by atoms with Crippen molar-refractivity contribution in [3.05, 3.63) is 35.9 Å². The summed E-state index contributed by atoms with van der Waals surface area (Å²) >= 11 is 0. The molecule has 1 aliphatic rings. The Labute approximate surface area is 111 Å². The standard InChI is InChI=1S/C16H24N2/c1-16(2,18-13-7-6-10-15(18)17)12-11-14-8-4-3-5-9-14/h3-5,8-9,17H,6-7,10-13H2,1-2H3. The van der Waals surface area contributed by atoms with Crippen LogP contribution >= 0.6 is 0 Å². The fourth-order valence-electron chi connectivity index (χ4n) is 2.73. The monoisotopic (exact) mass is 244 g/mol. The molecular weight excluding hydrogens is 220 g/mol. The summed E-state index contributed by atoms with van der Waals surface area (Å²) in [5.41, 5.74) is 1.50. The zero-order valence-electron chi connectivity index (χ0n) is 11.6. The lowest BCUT2D eigenvalue weighted by Gasteiger charge is -2.43. The van der Waals surface area contributed by atoms with Crippen molar-refractivity contribution in [2.24, 2.45) is 0 Å². The lowest BCUT2D eigenvalue weighted by molar-refractivity contribution is 0.181. The van der Waals surface area contributed by atoms with Gasteiger partial charge < -0.3 is 4.90 Å². The van der Waals surface area contributed by atoms with E-state index in [2.05, 4.69) is 49.1 Å². The van der Waals surface area contributed by atoms with Crippen LogP contribution in [0.3, 0.4) is 0 Å². The van der Waals surface area contributed by atoms with Crippen LogP contribution in [0.4, 0.5) is 0 Å². The Kier molecular flexibility index (Phi) is 4.05. The molecule has 1 heterocycles. The highest BCUT2D eigenvalue weighted by Crippen LogP contribution is 2.26. The molecule has 1 saturated heterocycles. The second kappa shape index (κ2) is 5.55. The van der Waals surface area contributed by atoms with Crippen LogP contribution in [0, 0.1) is 5.41 Å². The molecule has 1 aromatic carbocycles. The van der Waals surface area contributed by atoms with Gasteiger partial charge in [-0.3, -0.25) is 5.41 Å². The summed E-state index contributed by atoms with van der Waals surface area (Å²) < 4.78 is 0. The predicted molar refractivity (Wildman–Crippen MR) is 77.1 cm³/mol. The average Bonchev–Trinajstić information content (AvgIpc) is 2.38. The first-order valence-corrected chi connectivity index (χ1v) is 6.98. The summed E-state index contributed by atoms with van der Waals surface area (Å²) in [5.74, 6) is 0.833. The third-order valence-corrected chi connectivity index (χ3v) is 3.97. The van der Waals surface area contributed by atoms with Crippen LogP contribution in [0.2, 0.25) is 0 Å². The molecule has 2 rings (SSSR count). The Morgan fingerprint density at radius 3 is 2.56 bits per heavy atom. The van der Waals surface area contributed by atoms with E-state index in [-0.39, 0.29) is 5.54 Å². The molecule has 2 heteroatoms. The number of hydrogen-bond acceptors (Lipinski definition) is 1. The first-order chi connectivity index (χ1) is 8.59. The summed E-state index contributed by atoms with van der Waals surface area (Å²) in [6, 6.07) is 10.7. The van der Waals surface area contributed by atoms with Gasteiger partial charge in [0.1, 0.15) is 0 Å². The van der Waals surface area contributed by atoms with Crippen molar-refractivity contribution in [3.63, 3.8) is 0 Å².